The Balaban J connectivity index is 4.29. The van der Waals surface area contributed by atoms with E-state index in [4.69, 9.17) is 14.2 Å². The van der Waals surface area contributed by atoms with Crippen LogP contribution in [0, 0.1) is 0 Å². The van der Waals surface area contributed by atoms with Gasteiger partial charge in [-0.15, -0.1) is 0 Å². The molecule has 0 spiro atoms. The highest BCUT2D eigenvalue weighted by Gasteiger charge is 2.19. The van der Waals surface area contributed by atoms with Crippen molar-refractivity contribution in [1.29, 1.82) is 0 Å². The van der Waals surface area contributed by atoms with E-state index >= 15 is 0 Å². The van der Waals surface area contributed by atoms with E-state index < -0.39 is 6.10 Å². The Hall–Kier alpha value is -2.11. The minimum absolute atomic E-state index is 0.0710. The first kappa shape index (κ1) is 59.9. The van der Waals surface area contributed by atoms with E-state index in [2.05, 4.69) is 45.1 Å². The average molecular weight is 873 g/mol. The van der Waals surface area contributed by atoms with Crippen molar-refractivity contribution in [1.82, 2.24) is 0 Å². The number of rotatable bonds is 50. The van der Waals surface area contributed by atoms with Crippen LogP contribution in [0.2, 0.25) is 0 Å². The van der Waals surface area contributed by atoms with Crippen molar-refractivity contribution in [2.24, 2.45) is 0 Å². The lowest BCUT2D eigenvalue weighted by Gasteiger charge is -2.18. The maximum atomic E-state index is 12.8. The molecule has 0 N–H and O–H groups in total. The van der Waals surface area contributed by atoms with E-state index in [0.717, 1.165) is 64.2 Å². The molecule has 0 fully saturated rings. The Morgan fingerprint density at radius 1 is 0.306 bits per heavy atom. The van der Waals surface area contributed by atoms with Gasteiger partial charge in [-0.1, -0.05) is 238 Å². The molecular weight excluding hydrogens is 769 g/mol. The molecule has 1 unspecified atom stereocenters. The molecule has 6 nitrogen and oxygen atoms in total. The fourth-order valence-corrected chi connectivity index (χ4v) is 8.01. The second-order valence-electron chi connectivity index (χ2n) is 18.5. The first-order chi connectivity index (χ1) is 30.5. The molecular formula is C56H104O6. The van der Waals surface area contributed by atoms with Gasteiger partial charge in [-0.25, -0.2) is 0 Å². The molecule has 0 aliphatic carbocycles. The summed E-state index contributed by atoms with van der Waals surface area (Å²) < 4.78 is 16.8. The van der Waals surface area contributed by atoms with Gasteiger partial charge in [0, 0.05) is 19.3 Å². The zero-order valence-corrected chi connectivity index (χ0v) is 41.7. The third-order valence-electron chi connectivity index (χ3n) is 12.2. The number of carbonyl (C=O) groups is 3. The molecule has 0 heterocycles. The number of allylic oxidation sites excluding steroid dienone is 4. The predicted octanol–water partition coefficient (Wildman–Crippen LogP) is 17.9. The summed E-state index contributed by atoms with van der Waals surface area (Å²) in [6.45, 7) is 6.62. The van der Waals surface area contributed by atoms with Gasteiger partial charge in [-0.05, 0) is 64.2 Å². The second kappa shape index (κ2) is 51.5. The molecule has 0 saturated heterocycles. The quantitative estimate of drug-likeness (QED) is 0.0262. The van der Waals surface area contributed by atoms with Crippen LogP contribution in [0.5, 0.6) is 0 Å². The molecule has 0 radical (unpaired) electrons. The number of carbonyl (C=O) groups excluding carboxylic acids is 3. The van der Waals surface area contributed by atoms with Gasteiger partial charge in [0.2, 0.25) is 0 Å². The monoisotopic (exact) mass is 873 g/mol. The molecule has 0 rings (SSSR count). The lowest BCUT2D eigenvalue weighted by Crippen LogP contribution is -2.30. The van der Waals surface area contributed by atoms with E-state index in [1.54, 1.807) is 0 Å². The maximum Gasteiger partial charge on any atom is 0.306 e. The van der Waals surface area contributed by atoms with Crippen LogP contribution < -0.4 is 0 Å². The van der Waals surface area contributed by atoms with E-state index in [1.165, 1.54) is 193 Å². The van der Waals surface area contributed by atoms with Crippen molar-refractivity contribution in [3.63, 3.8) is 0 Å². The van der Waals surface area contributed by atoms with Gasteiger partial charge < -0.3 is 14.2 Å². The van der Waals surface area contributed by atoms with Crippen molar-refractivity contribution in [2.45, 2.75) is 303 Å². The normalized spacial score (nSPS) is 12.1. The first-order valence-electron chi connectivity index (χ1n) is 27.3. The number of ether oxygens (including phenoxy) is 3. The zero-order chi connectivity index (χ0) is 45.1. The minimum atomic E-state index is -0.770. The number of hydrogen-bond acceptors (Lipinski definition) is 6. The molecule has 1 atom stereocenters. The Morgan fingerprint density at radius 2 is 0.548 bits per heavy atom. The molecule has 364 valence electrons. The van der Waals surface area contributed by atoms with Crippen LogP contribution in [-0.2, 0) is 28.6 Å². The number of esters is 3. The van der Waals surface area contributed by atoms with Gasteiger partial charge >= 0.3 is 17.9 Å². The fraction of sp³-hybridized carbons (Fsp3) is 0.875. The topological polar surface area (TPSA) is 78.9 Å². The molecule has 62 heavy (non-hydrogen) atoms. The van der Waals surface area contributed by atoms with Gasteiger partial charge in [0.1, 0.15) is 13.2 Å². The highest BCUT2D eigenvalue weighted by Crippen LogP contribution is 2.16. The van der Waals surface area contributed by atoms with Gasteiger partial charge in [-0.2, -0.15) is 0 Å². The Morgan fingerprint density at radius 3 is 0.855 bits per heavy atom. The van der Waals surface area contributed by atoms with E-state index in [9.17, 15) is 14.4 Å². The first-order valence-corrected chi connectivity index (χ1v) is 27.3. The van der Waals surface area contributed by atoms with Crippen LogP contribution in [0.1, 0.15) is 297 Å². The molecule has 6 heteroatoms. The Bertz CT molecular complexity index is 1000. The van der Waals surface area contributed by atoms with Crippen molar-refractivity contribution in [2.75, 3.05) is 13.2 Å². The molecule has 0 aromatic heterocycles. The number of hydrogen-bond donors (Lipinski definition) is 0. The summed E-state index contributed by atoms with van der Waals surface area (Å²) in [6, 6.07) is 0. The predicted molar refractivity (Wildman–Crippen MR) is 266 cm³/mol. The van der Waals surface area contributed by atoms with Crippen molar-refractivity contribution in [3.05, 3.63) is 24.3 Å². The van der Waals surface area contributed by atoms with Crippen molar-refractivity contribution < 1.29 is 28.6 Å². The molecule has 0 saturated carbocycles. The summed E-state index contributed by atoms with van der Waals surface area (Å²) in [5.41, 5.74) is 0. The lowest BCUT2D eigenvalue weighted by atomic mass is 10.0. The highest BCUT2D eigenvalue weighted by atomic mass is 16.6. The van der Waals surface area contributed by atoms with E-state index in [1.807, 2.05) is 0 Å². The SMILES string of the molecule is CCCC/C=C\CCCCCCCC(=O)OCC(COC(=O)CCCCCCCCCCC/C=C\CCCCCCCC)OC(=O)CCCCCCCCCCCCCCCC. The summed E-state index contributed by atoms with van der Waals surface area (Å²) >= 11 is 0. The van der Waals surface area contributed by atoms with Gasteiger partial charge in [-0.3, -0.25) is 14.4 Å². The number of unbranched alkanes of at least 4 members (excludes halogenated alkanes) is 35. The van der Waals surface area contributed by atoms with Gasteiger partial charge in [0.05, 0.1) is 0 Å². The highest BCUT2D eigenvalue weighted by molar-refractivity contribution is 5.71. The van der Waals surface area contributed by atoms with Crippen molar-refractivity contribution in [3.8, 4) is 0 Å². The van der Waals surface area contributed by atoms with Gasteiger partial charge in [0.25, 0.3) is 0 Å². The van der Waals surface area contributed by atoms with Crippen molar-refractivity contribution >= 4 is 17.9 Å². The average Bonchev–Trinajstić information content (AvgIpc) is 3.27. The van der Waals surface area contributed by atoms with Crippen LogP contribution in [0.4, 0.5) is 0 Å². The van der Waals surface area contributed by atoms with Crippen LogP contribution in [0.25, 0.3) is 0 Å². The molecule has 0 bridgehead atoms. The maximum absolute atomic E-state index is 12.8. The summed E-state index contributed by atoms with van der Waals surface area (Å²) in [5.74, 6) is -0.867. The summed E-state index contributed by atoms with van der Waals surface area (Å²) in [4.78, 5) is 38.0. The molecule has 0 aromatic rings. The van der Waals surface area contributed by atoms with Crippen LogP contribution in [0.3, 0.4) is 0 Å². The third-order valence-corrected chi connectivity index (χ3v) is 12.2. The smallest absolute Gasteiger partial charge is 0.306 e. The summed E-state index contributed by atoms with van der Waals surface area (Å²) in [7, 11) is 0. The zero-order valence-electron chi connectivity index (χ0n) is 41.7. The largest absolute Gasteiger partial charge is 0.462 e. The lowest BCUT2D eigenvalue weighted by molar-refractivity contribution is -0.167. The summed E-state index contributed by atoms with van der Waals surface area (Å²) in [6.07, 6.45) is 58.8. The van der Waals surface area contributed by atoms with E-state index in [-0.39, 0.29) is 31.1 Å². The third kappa shape index (κ3) is 48.9. The van der Waals surface area contributed by atoms with Crippen LogP contribution >= 0.6 is 0 Å². The molecule has 0 amide bonds. The minimum Gasteiger partial charge on any atom is -0.462 e. The fourth-order valence-electron chi connectivity index (χ4n) is 8.01. The van der Waals surface area contributed by atoms with Crippen LogP contribution in [0.15, 0.2) is 24.3 Å². The standard InChI is InChI=1S/C56H104O6/c1-4-7-10-13-16-19-22-24-26-27-28-29-30-32-34-37-40-43-46-49-55(58)61-52-53(51-60-54(57)48-45-42-39-36-33-21-18-15-12-9-6-3)62-56(59)50-47-44-41-38-35-31-25-23-20-17-14-11-8-5-2/h15,18,24,26,53H,4-14,16-17,19-23,25,27-52H2,1-3H3/b18-15-,26-24-. The molecule has 0 aliphatic heterocycles. The molecule has 0 aliphatic rings. The molecule has 0 aromatic carbocycles. The van der Waals surface area contributed by atoms with Gasteiger partial charge in [0.15, 0.2) is 6.10 Å². The summed E-state index contributed by atoms with van der Waals surface area (Å²) in [5, 5.41) is 0. The Kier molecular flexibility index (Phi) is 49.8. The second-order valence-corrected chi connectivity index (χ2v) is 18.5. The Labute approximate surface area is 385 Å². The van der Waals surface area contributed by atoms with E-state index in [0.29, 0.717) is 19.3 Å². The van der Waals surface area contributed by atoms with Crippen LogP contribution in [-0.4, -0.2) is 37.2 Å².